The fourth-order valence-electron chi connectivity index (χ4n) is 1.31. The van der Waals surface area contributed by atoms with E-state index in [1.54, 1.807) is 6.07 Å². The Hall–Kier alpha value is -1.62. The number of carbonyl (C=O) groups is 1. The van der Waals surface area contributed by atoms with Gasteiger partial charge in [0.1, 0.15) is 4.88 Å². The summed E-state index contributed by atoms with van der Waals surface area (Å²) in [6.45, 7) is 0. The maximum absolute atomic E-state index is 13.6. The van der Waals surface area contributed by atoms with Crippen molar-refractivity contribution in [3.05, 3.63) is 28.9 Å². The van der Waals surface area contributed by atoms with Crippen LogP contribution in [0.2, 0.25) is 0 Å². The molecule has 0 aliphatic rings. The van der Waals surface area contributed by atoms with Crippen molar-refractivity contribution in [2.24, 2.45) is 0 Å². The Balaban J connectivity index is 2.71. The van der Waals surface area contributed by atoms with E-state index in [-0.39, 0.29) is 10.6 Å². The van der Waals surface area contributed by atoms with E-state index in [9.17, 15) is 9.18 Å². The number of fused-ring (bicyclic) bond motifs is 1. The van der Waals surface area contributed by atoms with Gasteiger partial charge in [0.25, 0.3) is 0 Å². The van der Waals surface area contributed by atoms with E-state index in [1.807, 2.05) is 0 Å². The van der Waals surface area contributed by atoms with E-state index < -0.39 is 11.8 Å². The normalized spacial score (nSPS) is 10.5. The zero-order valence-electron chi connectivity index (χ0n) is 7.78. The number of thiophene rings is 1. The van der Waals surface area contributed by atoms with Crippen LogP contribution >= 0.6 is 11.3 Å². The summed E-state index contributed by atoms with van der Waals surface area (Å²) >= 11 is 0.907. The summed E-state index contributed by atoms with van der Waals surface area (Å²) < 4.78 is 18.8. The predicted octanol–water partition coefficient (Wildman–Crippen LogP) is 2.75. The van der Waals surface area contributed by atoms with Gasteiger partial charge in [0.05, 0.1) is 11.8 Å². The van der Waals surface area contributed by atoms with Crippen LogP contribution in [-0.2, 0) is 0 Å². The number of ether oxygens (including phenoxy) is 1. The van der Waals surface area contributed by atoms with Crippen LogP contribution in [0.25, 0.3) is 10.1 Å². The number of halogens is 1. The molecule has 0 saturated heterocycles. The van der Waals surface area contributed by atoms with E-state index in [0.29, 0.717) is 10.1 Å². The molecule has 2 rings (SSSR count). The summed E-state index contributed by atoms with van der Waals surface area (Å²) in [5, 5.41) is 9.34. The predicted molar refractivity (Wildman–Crippen MR) is 55.3 cm³/mol. The summed E-state index contributed by atoms with van der Waals surface area (Å²) in [7, 11) is 1.37. The quantitative estimate of drug-likeness (QED) is 0.856. The lowest BCUT2D eigenvalue weighted by atomic mass is 10.2. The molecule has 0 unspecified atom stereocenters. The number of hydrogen-bond donors (Lipinski definition) is 1. The molecule has 0 atom stereocenters. The number of carboxylic acid groups (broad SMARTS) is 1. The van der Waals surface area contributed by atoms with Crippen molar-refractivity contribution < 1.29 is 19.0 Å². The van der Waals surface area contributed by atoms with Crippen LogP contribution in [-0.4, -0.2) is 18.2 Å². The Bertz CT molecular complexity index is 533. The molecule has 0 aliphatic heterocycles. The highest BCUT2D eigenvalue weighted by Crippen LogP contribution is 2.32. The first kappa shape index (κ1) is 9.92. The molecule has 3 nitrogen and oxygen atoms in total. The van der Waals surface area contributed by atoms with Crippen molar-refractivity contribution in [3.63, 3.8) is 0 Å². The fraction of sp³-hybridized carbons (Fsp3) is 0.100. The largest absolute Gasteiger partial charge is 0.494 e. The first-order valence-corrected chi connectivity index (χ1v) is 4.94. The minimum absolute atomic E-state index is 0.122. The fourth-order valence-corrected chi connectivity index (χ4v) is 2.24. The Kier molecular flexibility index (Phi) is 2.32. The molecule has 2 aromatic rings. The van der Waals surface area contributed by atoms with Crippen LogP contribution in [0.4, 0.5) is 4.39 Å². The van der Waals surface area contributed by atoms with Gasteiger partial charge in [0, 0.05) is 0 Å². The van der Waals surface area contributed by atoms with Crippen LogP contribution in [0.5, 0.6) is 5.75 Å². The van der Waals surface area contributed by atoms with Crippen LogP contribution < -0.4 is 4.74 Å². The van der Waals surface area contributed by atoms with E-state index in [2.05, 4.69) is 0 Å². The molecular weight excluding hydrogens is 219 g/mol. The van der Waals surface area contributed by atoms with Crippen molar-refractivity contribution in [3.8, 4) is 5.75 Å². The molecule has 5 heteroatoms. The molecular formula is C10H7FO3S. The van der Waals surface area contributed by atoms with Gasteiger partial charge in [-0.3, -0.25) is 0 Å². The molecule has 1 heterocycles. The maximum atomic E-state index is 13.6. The van der Waals surface area contributed by atoms with Crippen LogP contribution in [0.1, 0.15) is 9.67 Å². The van der Waals surface area contributed by atoms with Gasteiger partial charge in [-0.1, -0.05) is 0 Å². The number of aromatic carboxylic acids is 1. The third-order valence-corrected chi connectivity index (χ3v) is 3.15. The molecule has 0 fully saturated rings. The monoisotopic (exact) mass is 226 g/mol. The summed E-state index contributed by atoms with van der Waals surface area (Å²) in [4.78, 5) is 10.8. The Labute approximate surface area is 88.7 Å². The second-order valence-electron chi connectivity index (χ2n) is 2.92. The third-order valence-electron chi connectivity index (χ3n) is 2.02. The van der Waals surface area contributed by atoms with Crippen LogP contribution in [0.15, 0.2) is 18.2 Å². The van der Waals surface area contributed by atoms with Crippen molar-refractivity contribution in [2.45, 2.75) is 0 Å². The molecule has 78 valence electrons. The lowest BCUT2D eigenvalue weighted by molar-refractivity contribution is 0.0702. The lowest BCUT2D eigenvalue weighted by Crippen LogP contribution is -1.89. The van der Waals surface area contributed by atoms with Crippen molar-refractivity contribution in [1.29, 1.82) is 0 Å². The smallest absolute Gasteiger partial charge is 0.345 e. The highest BCUT2D eigenvalue weighted by Gasteiger charge is 2.14. The average molecular weight is 226 g/mol. The zero-order chi connectivity index (χ0) is 11.0. The molecule has 0 amide bonds. The summed E-state index contributed by atoms with van der Waals surface area (Å²) in [6, 6.07) is 4.57. The van der Waals surface area contributed by atoms with Crippen molar-refractivity contribution in [1.82, 2.24) is 0 Å². The Morgan fingerprint density at radius 1 is 1.53 bits per heavy atom. The first-order chi connectivity index (χ1) is 7.13. The SMILES string of the molecule is COc1ccc2cc(C(=O)O)sc2c1F. The molecule has 1 N–H and O–H groups in total. The average Bonchev–Trinajstić information content (AvgIpc) is 2.63. The van der Waals surface area contributed by atoms with Gasteiger partial charge in [0.15, 0.2) is 11.6 Å². The third kappa shape index (κ3) is 1.55. The van der Waals surface area contributed by atoms with E-state index in [4.69, 9.17) is 9.84 Å². The molecule has 0 spiro atoms. The minimum Gasteiger partial charge on any atom is -0.494 e. The number of carboxylic acids is 1. The van der Waals surface area contributed by atoms with E-state index in [1.165, 1.54) is 19.2 Å². The summed E-state index contributed by atoms with van der Waals surface area (Å²) in [5.74, 6) is -1.43. The molecule has 0 bridgehead atoms. The Morgan fingerprint density at radius 2 is 2.27 bits per heavy atom. The molecule has 0 aliphatic carbocycles. The summed E-state index contributed by atoms with van der Waals surface area (Å²) in [6.07, 6.45) is 0. The van der Waals surface area contributed by atoms with E-state index in [0.717, 1.165) is 11.3 Å². The van der Waals surface area contributed by atoms with Crippen molar-refractivity contribution in [2.75, 3.05) is 7.11 Å². The number of methoxy groups -OCH3 is 1. The maximum Gasteiger partial charge on any atom is 0.345 e. The highest BCUT2D eigenvalue weighted by molar-refractivity contribution is 7.20. The van der Waals surface area contributed by atoms with Crippen LogP contribution in [0, 0.1) is 5.82 Å². The molecule has 0 radical (unpaired) electrons. The minimum atomic E-state index is -1.05. The molecule has 1 aromatic heterocycles. The summed E-state index contributed by atoms with van der Waals surface area (Å²) in [5.41, 5.74) is 0. The Morgan fingerprint density at radius 3 is 2.87 bits per heavy atom. The second-order valence-corrected chi connectivity index (χ2v) is 3.97. The van der Waals surface area contributed by atoms with Gasteiger partial charge in [-0.25, -0.2) is 9.18 Å². The zero-order valence-corrected chi connectivity index (χ0v) is 8.60. The van der Waals surface area contributed by atoms with Gasteiger partial charge in [-0.15, -0.1) is 11.3 Å². The van der Waals surface area contributed by atoms with Gasteiger partial charge in [-0.2, -0.15) is 0 Å². The van der Waals surface area contributed by atoms with Gasteiger partial charge < -0.3 is 9.84 Å². The molecule has 1 aromatic carbocycles. The molecule has 15 heavy (non-hydrogen) atoms. The highest BCUT2D eigenvalue weighted by atomic mass is 32.1. The van der Waals surface area contributed by atoms with Gasteiger partial charge >= 0.3 is 5.97 Å². The second kappa shape index (κ2) is 3.51. The standard InChI is InChI=1S/C10H7FO3S/c1-14-6-3-2-5-4-7(10(12)13)15-9(5)8(6)11/h2-4H,1H3,(H,12,13). The topological polar surface area (TPSA) is 46.5 Å². The molecule has 0 saturated carbocycles. The van der Waals surface area contributed by atoms with E-state index >= 15 is 0 Å². The van der Waals surface area contributed by atoms with Crippen molar-refractivity contribution >= 4 is 27.4 Å². The number of hydrogen-bond acceptors (Lipinski definition) is 3. The number of benzene rings is 1. The van der Waals surface area contributed by atoms with Gasteiger partial charge in [0.2, 0.25) is 0 Å². The first-order valence-electron chi connectivity index (χ1n) is 4.13. The number of rotatable bonds is 2. The lowest BCUT2D eigenvalue weighted by Gasteiger charge is -2.00. The van der Waals surface area contributed by atoms with Gasteiger partial charge in [-0.05, 0) is 23.6 Å². The van der Waals surface area contributed by atoms with Crippen LogP contribution in [0.3, 0.4) is 0 Å².